The largest absolute Gasteiger partial charge is 0.300 e. The van der Waals surface area contributed by atoms with Gasteiger partial charge in [0.15, 0.2) is 0 Å². The lowest BCUT2D eigenvalue weighted by atomic mass is 10.2. The number of hydrogen-bond donors (Lipinski definition) is 0. The van der Waals surface area contributed by atoms with Gasteiger partial charge in [0, 0.05) is 17.1 Å². The summed E-state index contributed by atoms with van der Waals surface area (Å²) in [5.74, 6) is 1.14. The van der Waals surface area contributed by atoms with Gasteiger partial charge in [-0.2, -0.15) is 0 Å². The molecular formula is C13H16OS. The number of hydrogen-bond acceptors (Lipinski definition) is 2. The van der Waals surface area contributed by atoms with Gasteiger partial charge in [-0.1, -0.05) is 29.8 Å². The molecule has 0 atom stereocenters. The van der Waals surface area contributed by atoms with Crippen molar-refractivity contribution in [3.05, 3.63) is 42.0 Å². The van der Waals surface area contributed by atoms with Gasteiger partial charge in [0.05, 0.1) is 0 Å². The van der Waals surface area contributed by atoms with Crippen molar-refractivity contribution in [2.75, 3.05) is 5.75 Å². The lowest BCUT2D eigenvalue weighted by Gasteiger charge is -1.98. The Labute approximate surface area is 95.6 Å². The molecule has 1 aromatic carbocycles. The molecule has 1 rings (SSSR count). The summed E-state index contributed by atoms with van der Waals surface area (Å²) in [5, 5.41) is 0. The first-order valence-corrected chi connectivity index (χ1v) is 6.01. The van der Waals surface area contributed by atoms with Crippen molar-refractivity contribution in [1.82, 2.24) is 0 Å². The lowest BCUT2D eigenvalue weighted by molar-refractivity contribution is -0.116. The number of rotatable bonds is 5. The molecule has 0 radical (unpaired) electrons. The van der Waals surface area contributed by atoms with Crippen LogP contribution in [0.2, 0.25) is 0 Å². The summed E-state index contributed by atoms with van der Waals surface area (Å²) in [6.07, 6.45) is 4.54. The maximum atomic E-state index is 10.7. The standard InChI is InChI=1S/C13H16OS/c1-11-6-5-8-13(10-11)15-9-4-3-7-12(2)14/h3-6,8,10H,7,9H2,1-2H3/b4-3+. The summed E-state index contributed by atoms with van der Waals surface area (Å²) >= 11 is 1.79. The van der Waals surface area contributed by atoms with Crippen LogP contribution in [0.5, 0.6) is 0 Å². The number of thioether (sulfide) groups is 1. The molecule has 0 N–H and O–H groups in total. The van der Waals surface area contributed by atoms with Crippen LogP contribution in [0, 0.1) is 6.92 Å². The van der Waals surface area contributed by atoms with Crippen molar-refractivity contribution < 1.29 is 4.79 Å². The highest BCUT2D eigenvalue weighted by Gasteiger charge is 1.92. The maximum Gasteiger partial charge on any atom is 0.133 e. The molecule has 2 heteroatoms. The van der Waals surface area contributed by atoms with Crippen LogP contribution in [0.3, 0.4) is 0 Å². The van der Waals surface area contributed by atoms with E-state index in [0.29, 0.717) is 6.42 Å². The van der Waals surface area contributed by atoms with Gasteiger partial charge in [-0.15, -0.1) is 11.8 Å². The van der Waals surface area contributed by atoms with E-state index >= 15 is 0 Å². The summed E-state index contributed by atoms with van der Waals surface area (Å²) in [7, 11) is 0. The van der Waals surface area contributed by atoms with Gasteiger partial charge in [0.2, 0.25) is 0 Å². The van der Waals surface area contributed by atoms with Crippen molar-refractivity contribution >= 4 is 17.5 Å². The van der Waals surface area contributed by atoms with E-state index < -0.39 is 0 Å². The second-order valence-electron chi connectivity index (χ2n) is 3.51. The number of carbonyl (C=O) groups excluding carboxylic acids is 1. The Bertz CT molecular complexity index is 355. The lowest BCUT2D eigenvalue weighted by Crippen LogP contribution is -1.84. The average molecular weight is 220 g/mol. The van der Waals surface area contributed by atoms with Crippen LogP contribution in [0.1, 0.15) is 18.9 Å². The monoisotopic (exact) mass is 220 g/mol. The van der Waals surface area contributed by atoms with Crippen molar-refractivity contribution in [1.29, 1.82) is 0 Å². The first-order valence-electron chi connectivity index (χ1n) is 5.02. The zero-order valence-corrected chi connectivity index (χ0v) is 10.0. The number of ketones is 1. The summed E-state index contributed by atoms with van der Waals surface area (Å²) in [5.41, 5.74) is 1.28. The molecule has 0 aromatic heterocycles. The van der Waals surface area contributed by atoms with Crippen LogP contribution in [-0.4, -0.2) is 11.5 Å². The summed E-state index contributed by atoms with van der Waals surface area (Å²) in [4.78, 5) is 11.9. The molecule has 80 valence electrons. The Hall–Kier alpha value is -1.02. The fourth-order valence-corrected chi connectivity index (χ4v) is 2.04. The fourth-order valence-electron chi connectivity index (χ4n) is 1.17. The van der Waals surface area contributed by atoms with E-state index in [4.69, 9.17) is 0 Å². The van der Waals surface area contributed by atoms with Gasteiger partial charge in [-0.25, -0.2) is 0 Å². The SMILES string of the molecule is CC(=O)C/C=C/CSc1cccc(C)c1. The molecule has 1 aromatic rings. The molecule has 0 bridgehead atoms. The first kappa shape index (κ1) is 12.1. The molecule has 0 spiro atoms. The number of carbonyl (C=O) groups is 1. The van der Waals surface area contributed by atoms with E-state index in [1.165, 1.54) is 10.5 Å². The normalized spacial score (nSPS) is 10.8. The first-order chi connectivity index (χ1) is 7.18. The molecule has 0 saturated heterocycles. The molecular weight excluding hydrogens is 204 g/mol. The van der Waals surface area contributed by atoms with E-state index in [-0.39, 0.29) is 5.78 Å². The number of aryl methyl sites for hydroxylation is 1. The molecule has 0 heterocycles. The topological polar surface area (TPSA) is 17.1 Å². The summed E-state index contributed by atoms with van der Waals surface area (Å²) < 4.78 is 0. The molecule has 0 saturated carbocycles. The fraction of sp³-hybridized carbons (Fsp3) is 0.308. The Morgan fingerprint density at radius 1 is 1.40 bits per heavy atom. The van der Waals surface area contributed by atoms with E-state index in [1.807, 2.05) is 6.08 Å². The second-order valence-corrected chi connectivity index (χ2v) is 4.60. The van der Waals surface area contributed by atoms with Gasteiger partial charge in [-0.05, 0) is 26.0 Å². The van der Waals surface area contributed by atoms with Crippen molar-refractivity contribution in [3.8, 4) is 0 Å². The van der Waals surface area contributed by atoms with Crippen LogP contribution in [0.4, 0.5) is 0 Å². The summed E-state index contributed by atoms with van der Waals surface area (Å²) in [6.45, 7) is 3.70. The van der Waals surface area contributed by atoms with Gasteiger partial charge in [-0.3, -0.25) is 4.79 Å². The number of benzene rings is 1. The third-order valence-corrected chi connectivity index (χ3v) is 2.85. The smallest absolute Gasteiger partial charge is 0.133 e. The Morgan fingerprint density at radius 2 is 2.20 bits per heavy atom. The molecule has 0 fully saturated rings. The molecule has 0 amide bonds. The van der Waals surface area contributed by atoms with E-state index in [1.54, 1.807) is 18.7 Å². The minimum atomic E-state index is 0.215. The van der Waals surface area contributed by atoms with Gasteiger partial charge in [0.1, 0.15) is 5.78 Å². The van der Waals surface area contributed by atoms with E-state index in [2.05, 4.69) is 37.3 Å². The minimum Gasteiger partial charge on any atom is -0.300 e. The molecule has 0 aliphatic carbocycles. The molecule has 15 heavy (non-hydrogen) atoms. The van der Waals surface area contributed by atoms with Crippen LogP contribution in [0.15, 0.2) is 41.3 Å². The van der Waals surface area contributed by atoms with Crippen LogP contribution in [-0.2, 0) is 4.79 Å². The van der Waals surface area contributed by atoms with Crippen molar-refractivity contribution in [2.45, 2.75) is 25.2 Å². The zero-order valence-electron chi connectivity index (χ0n) is 9.19. The second kappa shape index (κ2) is 6.46. The van der Waals surface area contributed by atoms with Gasteiger partial charge in [0.25, 0.3) is 0 Å². The molecule has 0 unspecified atom stereocenters. The van der Waals surface area contributed by atoms with Crippen LogP contribution >= 0.6 is 11.8 Å². The predicted molar refractivity (Wildman–Crippen MR) is 66.3 cm³/mol. The molecule has 0 aliphatic heterocycles. The maximum absolute atomic E-state index is 10.7. The van der Waals surface area contributed by atoms with Gasteiger partial charge < -0.3 is 0 Å². The van der Waals surface area contributed by atoms with Gasteiger partial charge >= 0.3 is 0 Å². The third-order valence-electron chi connectivity index (χ3n) is 1.91. The zero-order chi connectivity index (χ0) is 11.1. The minimum absolute atomic E-state index is 0.215. The highest BCUT2D eigenvalue weighted by Crippen LogP contribution is 2.18. The van der Waals surface area contributed by atoms with Crippen molar-refractivity contribution in [3.63, 3.8) is 0 Å². The third kappa shape index (κ3) is 5.43. The molecule has 1 nitrogen and oxygen atoms in total. The van der Waals surface area contributed by atoms with E-state index in [0.717, 1.165) is 5.75 Å². The average Bonchev–Trinajstić information content (AvgIpc) is 2.17. The summed E-state index contributed by atoms with van der Waals surface area (Å²) in [6, 6.07) is 8.44. The molecule has 0 aliphatic rings. The van der Waals surface area contributed by atoms with Crippen molar-refractivity contribution in [2.24, 2.45) is 0 Å². The van der Waals surface area contributed by atoms with E-state index in [9.17, 15) is 4.79 Å². The highest BCUT2D eigenvalue weighted by atomic mass is 32.2. The number of allylic oxidation sites excluding steroid dienone is 1. The highest BCUT2D eigenvalue weighted by molar-refractivity contribution is 7.99. The van der Waals surface area contributed by atoms with Crippen LogP contribution in [0.25, 0.3) is 0 Å². The number of Topliss-reactive ketones (excluding diaryl/α,β-unsaturated/α-hetero) is 1. The Kier molecular flexibility index (Phi) is 5.19. The Balaban J connectivity index is 2.31. The predicted octanol–water partition coefficient (Wildman–Crippen LogP) is 3.62. The van der Waals surface area contributed by atoms with Crippen LogP contribution < -0.4 is 0 Å². The quantitative estimate of drug-likeness (QED) is 0.557. The Morgan fingerprint density at radius 3 is 2.87 bits per heavy atom.